The Bertz CT molecular complexity index is 1250. The molecule has 1 atom stereocenters. The zero-order valence-electron chi connectivity index (χ0n) is 17.5. The van der Waals surface area contributed by atoms with Gasteiger partial charge in [0.05, 0.1) is 23.4 Å². The molecule has 2 aromatic carbocycles. The van der Waals surface area contributed by atoms with Crippen LogP contribution in [0.4, 0.5) is 4.39 Å². The first kappa shape index (κ1) is 20.2. The largest absolute Gasteiger partial charge is 0.490 e. The van der Waals surface area contributed by atoms with Crippen molar-refractivity contribution >= 4 is 16.8 Å². The molecule has 0 aliphatic carbocycles. The monoisotopic (exact) mass is 430 g/mol. The fraction of sp³-hybridized carbons (Fsp3) is 0.240. The molecule has 7 heteroatoms. The van der Waals surface area contributed by atoms with E-state index in [9.17, 15) is 9.18 Å². The summed E-state index contributed by atoms with van der Waals surface area (Å²) in [7, 11) is 0. The van der Waals surface area contributed by atoms with Gasteiger partial charge in [0.2, 0.25) is 0 Å². The zero-order chi connectivity index (χ0) is 21.9. The third-order valence-corrected chi connectivity index (χ3v) is 5.87. The molecule has 1 fully saturated rings. The molecule has 4 aromatic rings. The Morgan fingerprint density at radius 3 is 2.94 bits per heavy atom. The molecule has 0 bridgehead atoms. The van der Waals surface area contributed by atoms with E-state index in [2.05, 4.69) is 15.2 Å². The summed E-state index contributed by atoms with van der Waals surface area (Å²) in [6, 6.07) is 17.9. The van der Waals surface area contributed by atoms with Crippen LogP contribution < -0.4 is 4.74 Å². The van der Waals surface area contributed by atoms with Crippen LogP contribution in [0.3, 0.4) is 0 Å². The molecule has 3 heterocycles. The van der Waals surface area contributed by atoms with Gasteiger partial charge in [-0.2, -0.15) is 5.10 Å². The lowest BCUT2D eigenvalue weighted by Gasteiger charge is -2.17. The molecule has 0 unspecified atom stereocenters. The number of fused-ring (bicyclic) bond motifs is 1. The first-order valence-corrected chi connectivity index (χ1v) is 10.7. The van der Waals surface area contributed by atoms with Crippen molar-refractivity contribution in [1.82, 2.24) is 20.1 Å². The van der Waals surface area contributed by atoms with Gasteiger partial charge in [-0.15, -0.1) is 0 Å². The molecule has 1 amide bonds. The standard InChI is InChI=1S/C25H23FN4O2/c26-21-8-1-2-9-23(21)32-14-11-19-15-22(29-28-19)18-10-13-30(16-18)25(31)20-7-3-5-17-6-4-12-27-24(17)20/h1-9,12,15,18H,10-11,13-14,16H2,(H,28,29)/t18-/m1/s1. The Labute approximate surface area is 185 Å². The minimum Gasteiger partial charge on any atom is -0.490 e. The van der Waals surface area contributed by atoms with Gasteiger partial charge in [0.15, 0.2) is 11.6 Å². The first-order chi connectivity index (χ1) is 15.7. The van der Waals surface area contributed by atoms with Crippen molar-refractivity contribution in [3.05, 3.63) is 89.6 Å². The van der Waals surface area contributed by atoms with Crippen LogP contribution in [0.25, 0.3) is 10.9 Å². The van der Waals surface area contributed by atoms with Crippen LogP contribution in [0.15, 0.2) is 66.9 Å². The minimum absolute atomic E-state index is 0.00541. The highest BCUT2D eigenvalue weighted by molar-refractivity contribution is 6.05. The van der Waals surface area contributed by atoms with E-state index in [1.54, 1.807) is 24.4 Å². The van der Waals surface area contributed by atoms with Crippen LogP contribution in [0.1, 0.15) is 34.1 Å². The molecule has 0 saturated carbocycles. The molecule has 5 rings (SSSR count). The lowest BCUT2D eigenvalue weighted by molar-refractivity contribution is 0.0792. The van der Waals surface area contributed by atoms with Gasteiger partial charge in [0.1, 0.15) is 0 Å². The summed E-state index contributed by atoms with van der Waals surface area (Å²) in [6.45, 7) is 1.66. The zero-order valence-corrected chi connectivity index (χ0v) is 17.5. The molecule has 0 radical (unpaired) electrons. The molecule has 1 aliphatic rings. The predicted octanol–water partition coefficient (Wildman–Crippen LogP) is 4.35. The number of rotatable bonds is 6. The highest BCUT2D eigenvalue weighted by Crippen LogP contribution is 2.28. The molecular weight excluding hydrogens is 407 g/mol. The Morgan fingerprint density at radius 2 is 2.03 bits per heavy atom. The summed E-state index contributed by atoms with van der Waals surface area (Å²) in [5.74, 6) is 0.0697. The number of carbonyl (C=O) groups excluding carboxylic acids is 1. The molecule has 2 aromatic heterocycles. The number of aromatic amines is 1. The van der Waals surface area contributed by atoms with Crippen molar-refractivity contribution in [3.63, 3.8) is 0 Å². The predicted molar refractivity (Wildman–Crippen MR) is 119 cm³/mol. The number of benzene rings is 2. The summed E-state index contributed by atoms with van der Waals surface area (Å²) in [5, 5.41) is 8.46. The van der Waals surface area contributed by atoms with Crippen LogP contribution in [-0.4, -0.2) is 45.7 Å². The van der Waals surface area contributed by atoms with E-state index in [0.29, 0.717) is 31.7 Å². The van der Waals surface area contributed by atoms with Crippen molar-refractivity contribution in [2.24, 2.45) is 0 Å². The Kier molecular flexibility index (Phi) is 5.54. The second kappa shape index (κ2) is 8.78. The number of ether oxygens (including phenoxy) is 1. The summed E-state index contributed by atoms with van der Waals surface area (Å²) in [6.07, 6.45) is 3.17. The summed E-state index contributed by atoms with van der Waals surface area (Å²) in [5.41, 5.74) is 3.24. The van der Waals surface area contributed by atoms with Crippen molar-refractivity contribution < 1.29 is 13.9 Å². The van der Waals surface area contributed by atoms with Gasteiger partial charge in [-0.1, -0.05) is 30.3 Å². The molecule has 6 nitrogen and oxygen atoms in total. The van der Waals surface area contributed by atoms with Crippen LogP contribution >= 0.6 is 0 Å². The average Bonchev–Trinajstić information content (AvgIpc) is 3.49. The summed E-state index contributed by atoms with van der Waals surface area (Å²) < 4.78 is 19.2. The molecule has 1 aliphatic heterocycles. The van der Waals surface area contributed by atoms with E-state index in [1.807, 2.05) is 41.3 Å². The Hall–Kier alpha value is -3.74. The number of likely N-dealkylation sites (tertiary alicyclic amines) is 1. The molecular formula is C25H23FN4O2. The molecule has 32 heavy (non-hydrogen) atoms. The number of hydrogen-bond donors (Lipinski definition) is 1. The maximum atomic E-state index is 13.7. The fourth-order valence-electron chi connectivity index (χ4n) is 4.18. The molecule has 0 spiro atoms. The number of para-hydroxylation sites is 2. The van der Waals surface area contributed by atoms with Gasteiger partial charge in [0, 0.05) is 42.7 Å². The van der Waals surface area contributed by atoms with Crippen LogP contribution in [0, 0.1) is 5.82 Å². The van der Waals surface area contributed by atoms with E-state index in [1.165, 1.54) is 6.07 Å². The van der Waals surface area contributed by atoms with Crippen molar-refractivity contribution in [3.8, 4) is 5.75 Å². The van der Waals surface area contributed by atoms with Gasteiger partial charge in [-0.3, -0.25) is 14.9 Å². The van der Waals surface area contributed by atoms with E-state index >= 15 is 0 Å². The smallest absolute Gasteiger partial charge is 0.256 e. The van der Waals surface area contributed by atoms with Crippen molar-refractivity contribution in [2.75, 3.05) is 19.7 Å². The maximum Gasteiger partial charge on any atom is 0.256 e. The van der Waals surface area contributed by atoms with E-state index in [-0.39, 0.29) is 23.4 Å². The summed E-state index contributed by atoms with van der Waals surface area (Å²) in [4.78, 5) is 19.4. The van der Waals surface area contributed by atoms with Gasteiger partial charge in [0.25, 0.3) is 5.91 Å². The number of hydrogen-bond acceptors (Lipinski definition) is 4. The van der Waals surface area contributed by atoms with E-state index < -0.39 is 0 Å². The number of nitrogens with one attached hydrogen (secondary N) is 1. The van der Waals surface area contributed by atoms with Crippen molar-refractivity contribution in [2.45, 2.75) is 18.8 Å². The number of pyridine rings is 1. The SMILES string of the molecule is O=C(c1cccc2cccnc12)N1CC[C@@H](c2cc(CCOc3ccccc3F)[nH]n2)C1. The van der Waals surface area contributed by atoms with E-state index in [4.69, 9.17) is 4.74 Å². The van der Waals surface area contributed by atoms with Gasteiger partial charge < -0.3 is 9.64 Å². The number of aromatic nitrogens is 3. The van der Waals surface area contributed by atoms with Gasteiger partial charge >= 0.3 is 0 Å². The second-order valence-corrected chi connectivity index (χ2v) is 7.96. The maximum absolute atomic E-state index is 13.7. The first-order valence-electron chi connectivity index (χ1n) is 10.7. The third kappa shape index (κ3) is 4.06. The highest BCUT2D eigenvalue weighted by Gasteiger charge is 2.30. The lowest BCUT2D eigenvalue weighted by atomic mass is 10.0. The van der Waals surface area contributed by atoms with Crippen LogP contribution in [0.2, 0.25) is 0 Å². The highest BCUT2D eigenvalue weighted by atomic mass is 19.1. The van der Waals surface area contributed by atoms with Crippen LogP contribution in [0.5, 0.6) is 5.75 Å². The summed E-state index contributed by atoms with van der Waals surface area (Å²) >= 11 is 0. The van der Waals surface area contributed by atoms with Gasteiger partial charge in [-0.25, -0.2) is 4.39 Å². The van der Waals surface area contributed by atoms with Crippen molar-refractivity contribution in [1.29, 1.82) is 0 Å². The molecule has 162 valence electrons. The quantitative estimate of drug-likeness (QED) is 0.494. The number of carbonyl (C=O) groups is 1. The lowest BCUT2D eigenvalue weighted by Crippen LogP contribution is -2.28. The number of H-pyrrole nitrogens is 1. The minimum atomic E-state index is -0.366. The van der Waals surface area contributed by atoms with E-state index in [0.717, 1.165) is 28.7 Å². The average molecular weight is 430 g/mol. The Morgan fingerprint density at radius 1 is 1.16 bits per heavy atom. The topological polar surface area (TPSA) is 71.1 Å². The normalized spacial score (nSPS) is 15.9. The number of nitrogens with zero attached hydrogens (tertiary/aromatic N) is 3. The molecule has 1 saturated heterocycles. The number of halogens is 1. The molecule has 1 N–H and O–H groups in total. The fourth-order valence-corrected chi connectivity index (χ4v) is 4.18. The second-order valence-electron chi connectivity index (χ2n) is 7.96. The van der Waals surface area contributed by atoms with Crippen LogP contribution in [-0.2, 0) is 6.42 Å². The number of amides is 1. The van der Waals surface area contributed by atoms with Gasteiger partial charge in [-0.05, 0) is 36.8 Å². The Balaban J connectivity index is 1.21. The third-order valence-electron chi connectivity index (χ3n) is 5.87.